The Balaban J connectivity index is 1.47. The lowest BCUT2D eigenvalue weighted by molar-refractivity contribution is -0.248. The van der Waals surface area contributed by atoms with Gasteiger partial charge in [0.25, 0.3) is 5.91 Å². The van der Waals surface area contributed by atoms with Gasteiger partial charge in [0.15, 0.2) is 0 Å². The van der Waals surface area contributed by atoms with E-state index in [1.165, 1.54) is 5.06 Å². The Morgan fingerprint density at radius 3 is 1.97 bits per heavy atom. The van der Waals surface area contributed by atoms with Crippen molar-refractivity contribution in [2.24, 2.45) is 0 Å². The number of amides is 1. The second-order valence-electron chi connectivity index (χ2n) is 9.19. The molecular weight excluding hydrogens is 478 g/mol. The molecule has 0 unspecified atom stereocenters. The van der Waals surface area contributed by atoms with Gasteiger partial charge in [0, 0.05) is 5.92 Å². The summed E-state index contributed by atoms with van der Waals surface area (Å²) in [5.41, 5.74) is 3.97. The number of nitrogens with zero attached hydrogens (tertiary/aromatic N) is 1. The highest BCUT2D eigenvalue weighted by Gasteiger charge is 2.51. The molecule has 0 saturated carbocycles. The minimum absolute atomic E-state index is 0.0143. The number of carbonyl (C=O) groups is 2. The minimum Gasteiger partial charge on any atom is -0.478 e. The number of hydrogen-bond donors (Lipinski definition) is 1. The predicted octanol–water partition coefficient (Wildman–Crippen LogP) is 5.72. The molecule has 4 aromatic carbocycles. The van der Waals surface area contributed by atoms with E-state index in [9.17, 15) is 14.7 Å². The number of β-lactam (4-membered cyclic amide) rings is 1. The van der Waals surface area contributed by atoms with Crippen LogP contribution < -0.4 is 4.74 Å². The molecular formula is C32H29NO5. The molecule has 1 saturated heterocycles. The van der Waals surface area contributed by atoms with Gasteiger partial charge < -0.3 is 9.84 Å². The number of ether oxygens (including phenoxy) is 1. The number of carbonyl (C=O) groups excluding carboxylic acids is 1. The fourth-order valence-electron chi connectivity index (χ4n) is 4.97. The van der Waals surface area contributed by atoms with Crippen LogP contribution in [0.25, 0.3) is 0 Å². The molecule has 6 heteroatoms. The van der Waals surface area contributed by atoms with Crippen LogP contribution in [0.1, 0.15) is 45.5 Å². The first kappa shape index (κ1) is 25.2. The SMILES string of the molecule is CCON1C(=O)[C@@H](Oc2ccc(C(c3ccccc3)c3ccccc3)cc2C(=O)O)[C@H]1Cc1ccccc1. The van der Waals surface area contributed by atoms with E-state index in [-0.39, 0.29) is 29.2 Å². The van der Waals surface area contributed by atoms with Gasteiger partial charge in [-0.1, -0.05) is 97.1 Å². The summed E-state index contributed by atoms with van der Waals surface area (Å²) in [7, 11) is 0. The number of benzene rings is 4. The summed E-state index contributed by atoms with van der Waals surface area (Å²) in [5, 5.41) is 11.5. The van der Waals surface area contributed by atoms with E-state index >= 15 is 0 Å². The molecule has 1 N–H and O–H groups in total. The zero-order valence-electron chi connectivity index (χ0n) is 21.1. The van der Waals surface area contributed by atoms with Crippen LogP contribution in [-0.2, 0) is 16.1 Å². The maximum Gasteiger partial charge on any atom is 0.339 e. The number of hydrogen-bond acceptors (Lipinski definition) is 4. The standard InChI is InChI=1S/C32H29NO5/c1-2-37-33-27(20-22-12-6-3-7-13-22)30(31(33)34)38-28-19-18-25(21-26(28)32(35)36)29(23-14-8-4-9-15-23)24-16-10-5-11-17-24/h3-19,21,27,29-30H,2,20H2,1H3,(H,35,36)/t27-,30+/m1/s1. The van der Waals surface area contributed by atoms with Crippen molar-refractivity contribution < 1.29 is 24.3 Å². The van der Waals surface area contributed by atoms with Gasteiger partial charge in [0.05, 0.1) is 6.61 Å². The fraction of sp³-hybridized carbons (Fsp3) is 0.188. The lowest BCUT2D eigenvalue weighted by Gasteiger charge is -2.45. The van der Waals surface area contributed by atoms with Crippen molar-refractivity contribution in [3.63, 3.8) is 0 Å². The molecule has 5 rings (SSSR count). The zero-order valence-corrected chi connectivity index (χ0v) is 21.1. The van der Waals surface area contributed by atoms with Gasteiger partial charge in [0.1, 0.15) is 17.4 Å². The monoisotopic (exact) mass is 507 g/mol. The molecule has 0 spiro atoms. The van der Waals surface area contributed by atoms with Crippen LogP contribution >= 0.6 is 0 Å². The highest BCUT2D eigenvalue weighted by molar-refractivity contribution is 5.92. The zero-order chi connectivity index (χ0) is 26.5. The smallest absolute Gasteiger partial charge is 0.339 e. The summed E-state index contributed by atoms with van der Waals surface area (Å²) < 4.78 is 6.11. The fourth-order valence-corrected chi connectivity index (χ4v) is 4.97. The Bertz CT molecular complexity index is 1350. The van der Waals surface area contributed by atoms with Crippen molar-refractivity contribution in [1.29, 1.82) is 0 Å². The van der Waals surface area contributed by atoms with E-state index in [0.717, 1.165) is 22.3 Å². The summed E-state index contributed by atoms with van der Waals surface area (Å²) in [6.45, 7) is 2.16. The number of hydroxylamine groups is 2. The second-order valence-corrected chi connectivity index (χ2v) is 9.19. The van der Waals surface area contributed by atoms with Crippen LogP contribution in [0.4, 0.5) is 0 Å². The summed E-state index contributed by atoms with van der Waals surface area (Å²) in [5.74, 6) is -1.43. The first-order valence-electron chi connectivity index (χ1n) is 12.7. The van der Waals surface area contributed by atoms with Crippen LogP contribution in [0.2, 0.25) is 0 Å². The summed E-state index contributed by atoms with van der Waals surface area (Å²) in [6.07, 6.45) is -0.313. The van der Waals surface area contributed by atoms with Gasteiger partial charge >= 0.3 is 5.97 Å². The molecule has 192 valence electrons. The Hall–Kier alpha value is -4.42. The van der Waals surface area contributed by atoms with Gasteiger partial charge in [-0.25, -0.2) is 9.86 Å². The third-order valence-electron chi connectivity index (χ3n) is 6.75. The Morgan fingerprint density at radius 1 is 0.842 bits per heavy atom. The van der Waals surface area contributed by atoms with Crippen LogP contribution in [0, 0.1) is 0 Å². The lowest BCUT2D eigenvalue weighted by Crippen LogP contribution is -2.67. The van der Waals surface area contributed by atoms with E-state index in [1.54, 1.807) is 12.1 Å². The third kappa shape index (κ3) is 5.17. The summed E-state index contributed by atoms with van der Waals surface area (Å²) in [6, 6.07) is 34.5. The molecule has 1 heterocycles. The van der Waals surface area contributed by atoms with Crippen molar-refractivity contribution in [2.45, 2.75) is 31.4 Å². The van der Waals surface area contributed by atoms with Gasteiger partial charge in [-0.2, -0.15) is 0 Å². The maximum atomic E-state index is 12.9. The van der Waals surface area contributed by atoms with Crippen LogP contribution in [-0.4, -0.2) is 40.8 Å². The number of rotatable bonds is 10. The minimum atomic E-state index is -1.12. The van der Waals surface area contributed by atoms with Crippen molar-refractivity contribution in [3.8, 4) is 5.75 Å². The Labute approximate surface area is 222 Å². The molecule has 0 radical (unpaired) electrons. The molecule has 2 atom stereocenters. The van der Waals surface area contributed by atoms with Crippen LogP contribution in [0.5, 0.6) is 5.75 Å². The van der Waals surface area contributed by atoms with Crippen LogP contribution in [0.3, 0.4) is 0 Å². The average molecular weight is 508 g/mol. The first-order valence-corrected chi connectivity index (χ1v) is 12.7. The van der Waals surface area contributed by atoms with Crippen molar-refractivity contribution in [1.82, 2.24) is 5.06 Å². The molecule has 1 aliphatic heterocycles. The molecule has 0 aliphatic carbocycles. The molecule has 0 aromatic heterocycles. The molecule has 4 aromatic rings. The summed E-state index contributed by atoms with van der Waals surface area (Å²) in [4.78, 5) is 30.8. The van der Waals surface area contributed by atoms with Crippen molar-refractivity contribution in [2.75, 3.05) is 6.61 Å². The quantitative estimate of drug-likeness (QED) is 0.220. The molecule has 1 amide bonds. The van der Waals surface area contributed by atoms with E-state index in [4.69, 9.17) is 9.57 Å². The van der Waals surface area contributed by atoms with Gasteiger partial charge in [-0.15, -0.1) is 0 Å². The lowest BCUT2D eigenvalue weighted by atomic mass is 9.84. The van der Waals surface area contributed by atoms with E-state index < -0.39 is 12.1 Å². The van der Waals surface area contributed by atoms with Crippen LogP contribution in [0.15, 0.2) is 109 Å². The molecule has 1 fully saturated rings. The molecule has 1 aliphatic rings. The Kier molecular flexibility index (Phi) is 7.52. The third-order valence-corrected chi connectivity index (χ3v) is 6.75. The Morgan fingerprint density at radius 2 is 1.42 bits per heavy atom. The number of aromatic carboxylic acids is 1. The summed E-state index contributed by atoms with van der Waals surface area (Å²) >= 11 is 0. The van der Waals surface area contributed by atoms with Gasteiger partial charge in [-0.3, -0.25) is 9.63 Å². The largest absolute Gasteiger partial charge is 0.478 e. The maximum absolute atomic E-state index is 12.9. The normalized spacial score (nSPS) is 16.8. The second kappa shape index (κ2) is 11.3. The van der Waals surface area contributed by atoms with Crippen molar-refractivity contribution >= 4 is 11.9 Å². The predicted molar refractivity (Wildman–Crippen MR) is 144 cm³/mol. The molecule has 6 nitrogen and oxygen atoms in total. The van der Waals surface area contributed by atoms with Gasteiger partial charge in [0.2, 0.25) is 6.10 Å². The first-order chi connectivity index (χ1) is 18.6. The topological polar surface area (TPSA) is 76.1 Å². The van der Waals surface area contributed by atoms with E-state index in [2.05, 4.69) is 0 Å². The number of carboxylic acids is 1. The van der Waals surface area contributed by atoms with E-state index in [1.807, 2.05) is 104 Å². The average Bonchev–Trinajstić information content (AvgIpc) is 2.96. The van der Waals surface area contributed by atoms with Crippen molar-refractivity contribution in [3.05, 3.63) is 137 Å². The van der Waals surface area contributed by atoms with Gasteiger partial charge in [-0.05, 0) is 47.7 Å². The number of carboxylic acid groups (broad SMARTS) is 1. The highest BCUT2D eigenvalue weighted by Crippen LogP contribution is 2.36. The van der Waals surface area contributed by atoms with E-state index in [0.29, 0.717) is 13.0 Å². The molecule has 38 heavy (non-hydrogen) atoms. The highest BCUT2D eigenvalue weighted by atomic mass is 16.7. The molecule has 0 bridgehead atoms.